The first-order chi connectivity index (χ1) is 16.2. The monoisotopic (exact) mass is 455 g/mol. The fraction of sp³-hybridized carbons (Fsp3) is 0.250. The zero-order valence-electron chi connectivity index (χ0n) is 18.3. The number of carbonyl (C=O) groups is 2. The van der Waals surface area contributed by atoms with Crippen LogP contribution in [0.15, 0.2) is 72.1 Å². The fourth-order valence-corrected chi connectivity index (χ4v) is 5.22. The first-order valence-corrected chi connectivity index (χ1v) is 12.3. The van der Waals surface area contributed by atoms with Crippen LogP contribution in [0.1, 0.15) is 63.6 Å². The van der Waals surface area contributed by atoms with Gasteiger partial charge >= 0.3 is 5.97 Å². The van der Waals surface area contributed by atoms with Gasteiger partial charge in [-0.15, -0.1) is 11.3 Å². The average molecular weight is 456 g/mol. The van der Waals surface area contributed by atoms with Crippen LogP contribution >= 0.6 is 11.3 Å². The largest absolute Gasteiger partial charge is 0.454 e. The molecule has 1 aliphatic rings. The lowest BCUT2D eigenvalue weighted by atomic mass is 9.84. The van der Waals surface area contributed by atoms with Gasteiger partial charge in [0, 0.05) is 10.9 Å². The number of rotatable bonds is 6. The van der Waals surface area contributed by atoms with Gasteiger partial charge in [-0.2, -0.15) is 0 Å². The van der Waals surface area contributed by atoms with Gasteiger partial charge in [0.1, 0.15) is 0 Å². The van der Waals surface area contributed by atoms with Crippen molar-refractivity contribution < 1.29 is 14.3 Å². The molecule has 0 N–H and O–H groups in total. The quantitative estimate of drug-likeness (QED) is 0.231. The van der Waals surface area contributed by atoms with Crippen LogP contribution in [0.25, 0.3) is 22.2 Å². The maximum atomic E-state index is 13.0. The Morgan fingerprint density at radius 3 is 2.48 bits per heavy atom. The van der Waals surface area contributed by atoms with Gasteiger partial charge in [-0.1, -0.05) is 67.8 Å². The summed E-state index contributed by atoms with van der Waals surface area (Å²) in [7, 11) is 0. The smallest absolute Gasteiger partial charge is 0.339 e. The van der Waals surface area contributed by atoms with Crippen LogP contribution in [0.3, 0.4) is 0 Å². The Kier molecular flexibility index (Phi) is 6.31. The maximum absolute atomic E-state index is 13.0. The zero-order valence-corrected chi connectivity index (χ0v) is 19.1. The van der Waals surface area contributed by atoms with Crippen LogP contribution in [-0.2, 0) is 4.74 Å². The number of ether oxygens (including phenoxy) is 1. The summed E-state index contributed by atoms with van der Waals surface area (Å²) in [5.74, 6) is -0.0717. The second-order valence-electron chi connectivity index (χ2n) is 8.51. The van der Waals surface area contributed by atoms with Crippen LogP contribution in [0.4, 0.5) is 0 Å². The van der Waals surface area contributed by atoms with Gasteiger partial charge in [-0.25, -0.2) is 9.78 Å². The van der Waals surface area contributed by atoms with E-state index in [0.717, 1.165) is 16.8 Å². The van der Waals surface area contributed by atoms with Gasteiger partial charge in [0.25, 0.3) is 0 Å². The highest BCUT2D eigenvalue weighted by atomic mass is 32.1. The molecule has 4 nitrogen and oxygen atoms in total. The van der Waals surface area contributed by atoms with E-state index in [9.17, 15) is 9.59 Å². The zero-order chi connectivity index (χ0) is 22.6. The molecule has 1 fully saturated rings. The highest BCUT2D eigenvalue weighted by Gasteiger charge is 2.19. The number of ketones is 1. The lowest BCUT2D eigenvalue weighted by Crippen LogP contribution is -2.14. The molecule has 0 spiro atoms. The molecule has 0 amide bonds. The number of thiophene rings is 1. The third-order valence-electron chi connectivity index (χ3n) is 6.35. The van der Waals surface area contributed by atoms with E-state index < -0.39 is 5.97 Å². The second-order valence-corrected chi connectivity index (χ2v) is 9.45. The minimum absolute atomic E-state index is 0.199. The summed E-state index contributed by atoms with van der Waals surface area (Å²) >= 11 is 1.34. The maximum Gasteiger partial charge on any atom is 0.339 e. The molecule has 5 heteroatoms. The van der Waals surface area contributed by atoms with Crippen molar-refractivity contribution in [3.63, 3.8) is 0 Å². The lowest BCUT2D eigenvalue weighted by molar-refractivity contribution is 0.0478. The Morgan fingerprint density at radius 2 is 1.73 bits per heavy atom. The molecular formula is C28H25NO3S. The highest BCUT2D eigenvalue weighted by Crippen LogP contribution is 2.34. The molecule has 1 aliphatic carbocycles. The second kappa shape index (κ2) is 9.67. The van der Waals surface area contributed by atoms with Crippen molar-refractivity contribution in [2.24, 2.45) is 0 Å². The van der Waals surface area contributed by atoms with Gasteiger partial charge < -0.3 is 4.74 Å². The molecule has 0 bridgehead atoms. The molecule has 2 heterocycles. The Labute approximate surface area is 197 Å². The Hall–Kier alpha value is -3.31. The number of fused-ring (bicyclic) bond motifs is 1. The third-order valence-corrected chi connectivity index (χ3v) is 7.26. The van der Waals surface area contributed by atoms with Crippen molar-refractivity contribution in [2.45, 2.75) is 38.0 Å². The van der Waals surface area contributed by atoms with Crippen molar-refractivity contribution in [3.05, 3.63) is 88.1 Å². The van der Waals surface area contributed by atoms with E-state index in [0.29, 0.717) is 21.7 Å². The summed E-state index contributed by atoms with van der Waals surface area (Å²) in [5, 5.41) is 2.55. The van der Waals surface area contributed by atoms with E-state index in [4.69, 9.17) is 9.72 Å². The molecule has 1 saturated carbocycles. The predicted octanol–water partition coefficient (Wildman–Crippen LogP) is 7.05. The van der Waals surface area contributed by atoms with Crippen molar-refractivity contribution in [2.75, 3.05) is 6.61 Å². The molecular weight excluding hydrogens is 430 g/mol. The van der Waals surface area contributed by atoms with E-state index >= 15 is 0 Å². The molecule has 0 radical (unpaired) electrons. The molecule has 0 aliphatic heterocycles. The number of carbonyl (C=O) groups excluding carboxylic acids is 2. The minimum Gasteiger partial charge on any atom is -0.454 e. The third kappa shape index (κ3) is 4.74. The van der Waals surface area contributed by atoms with Crippen LogP contribution in [0.5, 0.6) is 0 Å². The summed E-state index contributed by atoms with van der Waals surface area (Å²) in [6.45, 7) is -0.276. The molecule has 5 rings (SSSR count). The van der Waals surface area contributed by atoms with Crippen LogP contribution < -0.4 is 0 Å². The predicted molar refractivity (Wildman–Crippen MR) is 132 cm³/mol. The first-order valence-electron chi connectivity index (χ1n) is 11.4. The number of pyridine rings is 1. The number of hydrogen-bond donors (Lipinski definition) is 0. The molecule has 0 unspecified atom stereocenters. The van der Waals surface area contributed by atoms with Gasteiger partial charge in [-0.3, -0.25) is 4.79 Å². The van der Waals surface area contributed by atoms with E-state index in [1.54, 1.807) is 12.1 Å². The van der Waals surface area contributed by atoms with Crippen LogP contribution in [0, 0.1) is 0 Å². The molecule has 2 aromatic carbocycles. The molecule has 33 heavy (non-hydrogen) atoms. The van der Waals surface area contributed by atoms with Crippen molar-refractivity contribution in [1.29, 1.82) is 0 Å². The average Bonchev–Trinajstić information content (AvgIpc) is 3.42. The number of aromatic nitrogens is 1. The molecule has 4 aromatic rings. The Bertz CT molecular complexity index is 1270. The lowest BCUT2D eigenvalue weighted by Gasteiger charge is -2.22. The molecule has 0 atom stereocenters. The number of para-hydroxylation sites is 1. The van der Waals surface area contributed by atoms with Crippen LogP contribution in [-0.4, -0.2) is 23.3 Å². The molecule has 0 saturated heterocycles. The fourth-order valence-electron chi connectivity index (χ4n) is 4.57. The normalized spacial score (nSPS) is 14.3. The SMILES string of the molecule is O=C(COC(=O)c1cc(-c2ccc(C3CCCCC3)cc2)nc2ccccc12)c1cccs1. The molecule has 2 aromatic heterocycles. The summed E-state index contributed by atoms with van der Waals surface area (Å²) < 4.78 is 5.40. The Morgan fingerprint density at radius 1 is 0.939 bits per heavy atom. The van der Waals surface area contributed by atoms with Crippen molar-refractivity contribution in [1.82, 2.24) is 4.98 Å². The topological polar surface area (TPSA) is 56.3 Å². The number of esters is 1. The molecule has 166 valence electrons. The van der Waals surface area contributed by atoms with E-state index in [-0.39, 0.29) is 12.4 Å². The number of Topliss-reactive ketones (excluding diaryl/α,β-unsaturated/α-hetero) is 1. The number of benzene rings is 2. The van der Waals surface area contributed by atoms with Gasteiger partial charge in [-0.05, 0) is 47.9 Å². The summed E-state index contributed by atoms with van der Waals surface area (Å²) in [6, 6.07) is 21.4. The van der Waals surface area contributed by atoms with E-state index in [2.05, 4.69) is 24.3 Å². The summed E-state index contributed by atoms with van der Waals surface area (Å²) in [5.41, 5.74) is 4.21. The minimum atomic E-state index is -0.515. The highest BCUT2D eigenvalue weighted by molar-refractivity contribution is 7.12. The summed E-state index contributed by atoms with van der Waals surface area (Å²) in [4.78, 5) is 30.6. The summed E-state index contributed by atoms with van der Waals surface area (Å²) in [6.07, 6.45) is 6.47. The Balaban J connectivity index is 1.42. The van der Waals surface area contributed by atoms with Gasteiger partial charge in [0.05, 0.1) is 21.7 Å². The van der Waals surface area contributed by atoms with Gasteiger partial charge in [0.15, 0.2) is 6.61 Å². The standard InChI is InChI=1S/C28H25NO3S/c30-26(27-11-6-16-33-27)18-32-28(31)23-17-25(29-24-10-5-4-9-22(23)24)21-14-12-20(13-15-21)19-7-2-1-3-8-19/h4-6,9-17,19H,1-3,7-8,18H2. The van der Waals surface area contributed by atoms with Crippen molar-refractivity contribution in [3.8, 4) is 11.3 Å². The van der Waals surface area contributed by atoms with E-state index in [1.165, 1.54) is 49.0 Å². The van der Waals surface area contributed by atoms with Crippen molar-refractivity contribution >= 4 is 34.0 Å². The van der Waals surface area contributed by atoms with E-state index in [1.807, 2.05) is 35.7 Å². The number of nitrogens with zero attached hydrogens (tertiary/aromatic N) is 1. The number of hydrogen-bond acceptors (Lipinski definition) is 5. The van der Waals surface area contributed by atoms with Crippen LogP contribution in [0.2, 0.25) is 0 Å². The first kappa shape index (κ1) is 21.5. The van der Waals surface area contributed by atoms with Gasteiger partial charge in [0.2, 0.25) is 5.78 Å².